The number of hydrogen-bond donors (Lipinski definition) is 1. The van der Waals surface area contributed by atoms with Crippen LogP contribution >= 0.6 is 11.8 Å². The van der Waals surface area contributed by atoms with Crippen molar-refractivity contribution in [3.8, 4) is 5.75 Å². The Morgan fingerprint density at radius 3 is 2.81 bits per heavy atom. The summed E-state index contributed by atoms with van der Waals surface area (Å²) in [6.07, 6.45) is 2.01. The van der Waals surface area contributed by atoms with Crippen molar-refractivity contribution in [1.82, 2.24) is 0 Å². The number of rotatable bonds is 6. The van der Waals surface area contributed by atoms with Gasteiger partial charge in [-0.25, -0.2) is 0 Å². The predicted octanol–water partition coefficient (Wildman–Crippen LogP) is 2.38. The molecule has 0 saturated heterocycles. The summed E-state index contributed by atoms with van der Waals surface area (Å²) in [6, 6.07) is 4.65. The molecule has 0 fully saturated rings. The molecule has 88 valence electrons. The minimum absolute atomic E-state index is 0.0333. The number of nitrogens with one attached hydrogen (secondary N) is 1. The average molecular weight is 242 g/mol. The van der Waals surface area contributed by atoms with Gasteiger partial charge in [-0.15, -0.1) is 0 Å². The average Bonchev–Trinajstić information content (AvgIpc) is 2.29. The number of anilines is 1. The number of nitrogens with zero attached hydrogens (tertiary/aromatic N) is 1. The van der Waals surface area contributed by atoms with Crippen molar-refractivity contribution in [3.05, 3.63) is 28.3 Å². The SMILES string of the molecule is COc1cc(NCCSC)cc([N+](=O)[O-])c1. The standard InChI is InChI=1S/C10H14N2O3S/c1-15-10-6-8(11-3-4-16-2)5-9(7-10)12(13)14/h5-7,11H,3-4H2,1-2H3. The molecule has 0 atom stereocenters. The quantitative estimate of drug-likeness (QED) is 0.471. The highest BCUT2D eigenvalue weighted by Crippen LogP contribution is 2.25. The molecule has 0 aliphatic heterocycles. The molecule has 1 aromatic rings. The summed E-state index contributed by atoms with van der Waals surface area (Å²) in [5.41, 5.74) is 0.742. The van der Waals surface area contributed by atoms with Crippen molar-refractivity contribution < 1.29 is 9.66 Å². The smallest absolute Gasteiger partial charge is 0.275 e. The van der Waals surface area contributed by atoms with Crippen LogP contribution in [0.25, 0.3) is 0 Å². The highest BCUT2D eigenvalue weighted by Gasteiger charge is 2.09. The van der Waals surface area contributed by atoms with Gasteiger partial charge in [0.25, 0.3) is 5.69 Å². The topological polar surface area (TPSA) is 64.4 Å². The number of thioether (sulfide) groups is 1. The van der Waals surface area contributed by atoms with Gasteiger partial charge < -0.3 is 10.1 Å². The Bertz CT molecular complexity index is 371. The third-order valence-corrected chi connectivity index (χ3v) is 2.59. The van der Waals surface area contributed by atoms with Gasteiger partial charge in [0.2, 0.25) is 0 Å². The van der Waals surface area contributed by atoms with Crippen LogP contribution in [-0.4, -0.2) is 30.6 Å². The molecule has 0 aliphatic carbocycles. The van der Waals surface area contributed by atoms with Gasteiger partial charge in [0, 0.05) is 30.1 Å². The van der Waals surface area contributed by atoms with Crippen LogP contribution in [0.1, 0.15) is 0 Å². The lowest BCUT2D eigenvalue weighted by molar-refractivity contribution is -0.384. The summed E-state index contributed by atoms with van der Waals surface area (Å²) in [7, 11) is 1.49. The van der Waals surface area contributed by atoms with Crippen LogP contribution in [-0.2, 0) is 0 Å². The van der Waals surface area contributed by atoms with E-state index < -0.39 is 4.92 Å². The maximum Gasteiger partial charge on any atom is 0.275 e. The molecule has 6 heteroatoms. The molecule has 0 heterocycles. The lowest BCUT2D eigenvalue weighted by Crippen LogP contribution is -2.04. The first kappa shape index (κ1) is 12.6. The molecular weight excluding hydrogens is 228 g/mol. The molecule has 1 aromatic carbocycles. The summed E-state index contributed by atoms with van der Waals surface area (Å²) in [5.74, 6) is 1.44. The predicted molar refractivity (Wildman–Crippen MR) is 66.5 cm³/mol. The van der Waals surface area contributed by atoms with E-state index in [9.17, 15) is 10.1 Å². The summed E-state index contributed by atoms with van der Waals surface area (Å²) in [6.45, 7) is 0.769. The van der Waals surface area contributed by atoms with Gasteiger partial charge in [0.15, 0.2) is 0 Å². The Kier molecular flexibility index (Phi) is 4.91. The van der Waals surface area contributed by atoms with Crippen LogP contribution in [0.15, 0.2) is 18.2 Å². The maximum absolute atomic E-state index is 10.7. The van der Waals surface area contributed by atoms with Gasteiger partial charge >= 0.3 is 0 Å². The highest BCUT2D eigenvalue weighted by molar-refractivity contribution is 7.98. The van der Waals surface area contributed by atoms with Crippen molar-refractivity contribution in [1.29, 1.82) is 0 Å². The number of hydrogen-bond acceptors (Lipinski definition) is 5. The molecule has 0 amide bonds. The lowest BCUT2D eigenvalue weighted by Gasteiger charge is -2.07. The Morgan fingerprint density at radius 1 is 1.50 bits per heavy atom. The molecule has 16 heavy (non-hydrogen) atoms. The van der Waals surface area contributed by atoms with E-state index in [0.717, 1.165) is 12.3 Å². The molecule has 1 rings (SSSR count). The zero-order valence-corrected chi connectivity index (χ0v) is 10.0. The Balaban J connectivity index is 2.82. The van der Waals surface area contributed by atoms with Crippen LogP contribution in [0.3, 0.4) is 0 Å². The molecule has 0 saturated carbocycles. The van der Waals surface area contributed by atoms with Crippen LogP contribution in [0.5, 0.6) is 5.75 Å². The van der Waals surface area contributed by atoms with E-state index in [1.807, 2.05) is 6.26 Å². The number of ether oxygens (including phenoxy) is 1. The monoisotopic (exact) mass is 242 g/mol. The summed E-state index contributed by atoms with van der Waals surface area (Å²) >= 11 is 1.71. The molecule has 0 bridgehead atoms. The maximum atomic E-state index is 10.7. The normalized spacial score (nSPS) is 9.88. The van der Waals surface area contributed by atoms with Crippen molar-refractivity contribution in [3.63, 3.8) is 0 Å². The minimum atomic E-state index is -0.428. The third-order valence-electron chi connectivity index (χ3n) is 1.97. The lowest BCUT2D eigenvalue weighted by atomic mass is 10.2. The second-order valence-electron chi connectivity index (χ2n) is 3.10. The van der Waals surface area contributed by atoms with Gasteiger partial charge in [0.1, 0.15) is 5.75 Å². The molecule has 0 spiro atoms. The molecule has 0 radical (unpaired) electrons. The van der Waals surface area contributed by atoms with Crippen LogP contribution in [0, 0.1) is 10.1 Å². The first-order valence-corrected chi connectivity index (χ1v) is 6.13. The largest absolute Gasteiger partial charge is 0.496 e. The third kappa shape index (κ3) is 3.62. The van der Waals surface area contributed by atoms with Crippen molar-refractivity contribution in [2.45, 2.75) is 0 Å². The summed E-state index contributed by atoms with van der Waals surface area (Å²) in [5, 5.41) is 13.8. The molecule has 0 aromatic heterocycles. The fraction of sp³-hybridized carbons (Fsp3) is 0.400. The van der Waals surface area contributed by atoms with E-state index in [2.05, 4.69) is 5.32 Å². The van der Waals surface area contributed by atoms with Gasteiger partial charge in [0.05, 0.1) is 18.1 Å². The summed E-state index contributed by atoms with van der Waals surface area (Å²) < 4.78 is 5.00. The number of methoxy groups -OCH3 is 1. The van der Waals surface area contributed by atoms with Crippen LogP contribution in [0.4, 0.5) is 11.4 Å². The van der Waals surface area contributed by atoms with Crippen molar-refractivity contribution in [2.24, 2.45) is 0 Å². The molecule has 1 N–H and O–H groups in total. The van der Waals surface area contributed by atoms with Crippen molar-refractivity contribution >= 4 is 23.1 Å². The van der Waals surface area contributed by atoms with Gasteiger partial charge in [-0.2, -0.15) is 11.8 Å². The van der Waals surface area contributed by atoms with Crippen LogP contribution < -0.4 is 10.1 Å². The van der Waals surface area contributed by atoms with E-state index in [0.29, 0.717) is 11.4 Å². The van der Waals surface area contributed by atoms with Gasteiger partial charge in [-0.1, -0.05) is 0 Å². The molecule has 0 unspecified atom stereocenters. The van der Waals surface area contributed by atoms with Gasteiger partial charge in [-0.3, -0.25) is 10.1 Å². The number of non-ortho nitro benzene ring substituents is 1. The van der Waals surface area contributed by atoms with E-state index in [-0.39, 0.29) is 5.69 Å². The first-order valence-electron chi connectivity index (χ1n) is 4.73. The molecule has 5 nitrogen and oxygen atoms in total. The van der Waals surface area contributed by atoms with E-state index in [4.69, 9.17) is 4.74 Å². The van der Waals surface area contributed by atoms with Crippen LogP contribution in [0.2, 0.25) is 0 Å². The van der Waals surface area contributed by atoms with Crippen molar-refractivity contribution in [2.75, 3.05) is 31.0 Å². The zero-order chi connectivity index (χ0) is 12.0. The second kappa shape index (κ2) is 6.22. The van der Waals surface area contributed by atoms with E-state index in [1.54, 1.807) is 17.8 Å². The molecule has 0 aliphatic rings. The van der Waals surface area contributed by atoms with Gasteiger partial charge in [-0.05, 0) is 6.26 Å². The number of nitro groups is 1. The number of benzene rings is 1. The number of nitro benzene ring substituents is 1. The zero-order valence-electron chi connectivity index (χ0n) is 9.23. The first-order chi connectivity index (χ1) is 7.67. The fourth-order valence-corrected chi connectivity index (χ4v) is 1.51. The summed E-state index contributed by atoms with van der Waals surface area (Å²) in [4.78, 5) is 10.2. The molecular formula is C10H14N2O3S. The Hall–Kier alpha value is -1.43. The Morgan fingerprint density at radius 2 is 2.25 bits per heavy atom. The minimum Gasteiger partial charge on any atom is -0.496 e. The van der Waals surface area contributed by atoms with E-state index in [1.165, 1.54) is 19.2 Å². The Labute approximate surface area is 98.3 Å². The fourth-order valence-electron chi connectivity index (χ4n) is 1.21. The van der Waals surface area contributed by atoms with E-state index >= 15 is 0 Å². The highest BCUT2D eigenvalue weighted by atomic mass is 32.2. The second-order valence-corrected chi connectivity index (χ2v) is 4.08.